The second kappa shape index (κ2) is 8.91. The van der Waals surface area contributed by atoms with Crippen LogP contribution in [0.15, 0.2) is 50.5 Å². The highest BCUT2D eigenvalue weighted by atomic mass is 79.9. The van der Waals surface area contributed by atoms with E-state index in [1.807, 2.05) is 0 Å². The molecule has 30 heavy (non-hydrogen) atoms. The van der Waals surface area contributed by atoms with Gasteiger partial charge >= 0.3 is 0 Å². The molecule has 0 aliphatic carbocycles. The third kappa shape index (κ3) is 4.74. The van der Waals surface area contributed by atoms with Crippen LogP contribution in [-0.2, 0) is 9.59 Å². The zero-order valence-corrected chi connectivity index (χ0v) is 17.1. The summed E-state index contributed by atoms with van der Waals surface area (Å²) in [5, 5.41) is 9.45. The first-order valence-corrected chi connectivity index (χ1v) is 9.48. The molecule has 1 heterocycles. The quantitative estimate of drug-likeness (QED) is 0.427. The molecular weight excluding hydrogens is 463 g/mol. The van der Waals surface area contributed by atoms with Gasteiger partial charge < -0.3 is 15.4 Å². The van der Waals surface area contributed by atoms with Crippen molar-refractivity contribution in [1.82, 2.24) is 15.5 Å². The number of aromatic amines is 2. The van der Waals surface area contributed by atoms with Crippen molar-refractivity contribution in [3.8, 4) is 5.75 Å². The van der Waals surface area contributed by atoms with Gasteiger partial charge in [0.1, 0.15) is 11.6 Å². The van der Waals surface area contributed by atoms with E-state index in [1.54, 1.807) is 0 Å². The maximum absolute atomic E-state index is 13.1. The third-order valence-electron chi connectivity index (χ3n) is 4.09. The second-order valence-corrected chi connectivity index (χ2v) is 7.09. The number of benzene rings is 2. The number of rotatable bonds is 6. The normalized spacial score (nSPS) is 11.7. The number of hydrogen-bond donors (Lipinski definition) is 4. The Kier molecular flexibility index (Phi) is 6.31. The molecule has 0 aliphatic rings. The molecule has 4 N–H and O–H groups in total. The lowest BCUT2D eigenvalue weighted by Crippen LogP contribution is -2.40. The van der Waals surface area contributed by atoms with E-state index in [0.29, 0.717) is 4.47 Å². The zero-order valence-electron chi connectivity index (χ0n) is 15.5. The van der Waals surface area contributed by atoms with Crippen LogP contribution in [-0.4, -0.2) is 34.7 Å². The topological polar surface area (TPSA) is 133 Å². The lowest BCUT2D eigenvalue weighted by atomic mass is 10.1. The van der Waals surface area contributed by atoms with Crippen molar-refractivity contribution in [2.45, 2.75) is 13.0 Å². The molecule has 156 valence electrons. The number of halogens is 2. The highest BCUT2D eigenvalue weighted by Gasteiger charge is 2.18. The van der Waals surface area contributed by atoms with E-state index >= 15 is 0 Å². The van der Waals surface area contributed by atoms with Crippen molar-refractivity contribution >= 4 is 44.2 Å². The average Bonchev–Trinajstić information content (AvgIpc) is 2.71. The fraction of sp³-hybridized carbons (Fsp3) is 0.158. The molecule has 3 aromatic rings. The van der Waals surface area contributed by atoms with Gasteiger partial charge in [0.15, 0.2) is 6.10 Å². The molecule has 0 bridgehead atoms. The van der Waals surface area contributed by atoms with Gasteiger partial charge in [0.2, 0.25) is 5.91 Å². The Morgan fingerprint density at radius 3 is 2.63 bits per heavy atom. The number of hydrogen-bond acceptors (Lipinski definition) is 5. The van der Waals surface area contributed by atoms with Crippen LogP contribution < -0.4 is 26.5 Å². The van der Waals surface area contributed by atoms with Crippen molar-refractivity contribution in [3.05, 3.63) is 67.4 Å². The van der Waals surface area contributed by atoms with E-state index in [4.69, 9.17) is 4.74 Å². The first kappa shape index (κ1) is 21.2. The largest absolute Gasteiger partial charge is 0.480 e. The molecule has 0 saturated heterocycles. The van der Waals surface area contributed by atoms with Gasteiger partial charge in [-0.1, -0.05) is 6.07 Å². The Hall–Kier alpha value is -3.47. The molecule has 1 unspecified atom stereocenters. The van der Waals surface area contributed by atoms with E-state index in [9.17, 15) is 23.6 Å². The molecule has 2 amide bonds. The summed E-state index contributed by atoms with van der Waals surface area (Å²) in [6.45, 7) is 1.08. The number of carbonyl (C=O) groups excluding carboxylic acids is 2. The molecule has 0 saturated carbocycles. The van der Waals surface area contributed by atoms with Crippen molar-refractivity contribution in [2.24, 2.45) is 0 Å². The minimum Gasteiger partial charge on any atom is -0.480 e. The number of amides is 2. The average molecular weight is 479 g/mol. The van der Waals surface area contributed by atoms with Crippen LogP contribution in [0.4, 0.5) is 10.1 Å². The number of anilines is 1. The maximum Gasteiger partial charge on any atom is 0.272 e. The van der Waals surface area contributed by atoms with Gasteiger partial charge in [-0.15, -0.1) is 0 Å². The van der Waals surface area contributed by atoms with Crippen LogP contribution in [0.5, 0.6) is 5.75 Å². The van der Waals surface area contributed by atoms with Crippen LogP contribution in [0.1, 0.15) is 6.92 Å². The molecule has 1 atom stereocenters. The van der Waals surface area contributed by atoms with E-state index in [1.165, 1.54) is 43.3 Å². The second-order valence-electron chi connectivity index (χ2n) is 6.24. The van der Waals surface area contributed by atoms with Gasteiger partial charge in [-0.25, -0.2) is 4.39 Å². The summed E-state index contributed by atoms with van der Waals surface area (Å²) >= 11 is 3.14. The summed E-state index contributed by atoms with van der Waals surface area (Å²) in [7, 11) is 0. The zero-order chi connectivity index (χ0) is 21.8. The number of fused-ring (bicyclic) bond motifs is 1. The highest BCUT2D eigenvalue weighted by molar-refractivity contribution is 9.10. The fourth-order valence-electron chi connectivity index (χ4n) is 2.65. The number of ether oxygens (including phenoxy) is 1. The molecule has 2 aromatic carbocycles. The molecule has 11 heteroatoms. The van der Waals surface area contributed by atoms with E-state index in [0.717, 1.165) is 0 Å². The number of H-pyrrole nitrogens is 2. The smallest absolute Gasteiger partial charge is 0.272 e. The Labute approximate surface area is 176 Å². The summed E-state index contributed by atoms with van der Waals surface area (Å²) in [6.07, 6.45) is -0.960. The summed E-state index contributed by atoms with van der Waals surface area (Å²) in [5.74, 6) is -1.37. The first-order valence-electron chi connectivity index (χ1n) is 8.69. The Morgan fingerprint density at radius 2 is 1.90 bits per heavy atom. The van der Waals surface area contributed by atoms with E-state index in [2.05, 4.69) is 36.8 Å². The lowest BCUT2D eigenvalue weighted by molar-refractivity contribution is -0.129. The SMILES string of the molecule is CC(Oc1ccc(F)cc1Br)C(=O)NCC(=O)Nc1cccc2c(=O)[nH][nH]c(=O)c12. The van der Waals surface area contributed by atoms with Crippen molar-refractivity contribution < 1.29 is 18.7 Å². The molecule has 0 aliphatic heterocycles. The summed E-state index contributed by atoms with van der Waals surface area (Å²) in [5.41, 5.74) is -0.943. The predicted octanol–water partition coefficient (Wildman–Crippen LogP) is 1.64. The van der Waals surface area contributed by atoms with Crippen LogP contribution >= 0.6 is 15.9 Å². The molecule has 0 radical (unpaired) electrons. The minimum absolute atomic E-state index is 0.0267. The molecule has 9 nitrogen and oxygen atoms in total. The third-order valence-corrected chi connectivity index (χ3v) is 4.71. The van der Waals surface area contributed by atoms with Crippen LogP contribution in [0, 0.1) is 5.82 Å². The summed E-state index contributed by atoms with van der Waals surface area (Å²) in [6, 6.07) is 8.19. The molecular formula is C19H16BrFN4O5. The molecule has 0 spiro atoms. The van der Waals surface area contributed by atoms with Crippen molar-refractivity contribution in [2.75, 3.05) is 11.9 Å². The van der Waals surface area contributed by atoms with Crippen LogP contribution in [0.25, 0.3) is 10.8 Å². The molecule has 3 rings (SSSR count). The predicted molar refractivity (Wildman–Crippen MR) is 111 cm³/mol. The maximum atomic E-state index is 13.1. The number of carbonyl (C=O) groups is 2. The molecule has 1 aromatic heterocycles. The highest BCUT2D eigenvalue weighted by Crippen LogP contribution is 2.26. The van der Waals surface area contributed by atoms with Gasteiger partial charge in [-0.3, -0.25) is 29.4 Å². The Morgan fingerprint density at radius 1 is 1.17 bits per heavy atom. The van der Waals surface area contributed by atoms with Crippen LogP contribution in [0.2, 0.25) is 0 Å². The van der Waals surface area contributed by atoms with Gasteiger partial charge in [0.25, 0.3) is 17.0 Å². The van der Waals surface area contributed by atoms with E-state index in [-0.39, 0.29) is 22.2 Å². The minimum atomic E-state index is -0.960. The van der Waals surface area contributed by atoms with E-state index < -0.39 is 41.4 Å². The van der Waals surface area contributed by atoms with Gasteiger partial charge in [0.05, 0.1) is 27.5 Å². The van der Waals surface area contributed by atoms with Gasteiger partial charge in [-0.2, -0.15) is 0 Å². The van der Waals surface area contributed by atoms with Crippen LogP contribution in [0.3, 0.4) is 0 Å². The lowest BCUT2D eigenvalue weighted by Gasteiger charge is -2.16. The monoisotopic (exact) mass is 478 g/mol. The Balaban J connectivity index is 1.63. The standard InChI is InChI=1S/C19H16BrFN4O5/c1-9(30-14-6-5-10(21)7-12(14)20)17(27)22-8-15(26)23-13-4-2-3-11-16(13)19(29)25-24-18(11)28/h2-7,9H,8H2,1H3,(H,22,27)(H,23,26)(H,24,28)(H,25,29). The first-order chi connectivity index (χ1) is 14.3. The number of aromatic nitrogens is 2. The van der Waals surface area contributed by atoms with Crippen molar-refractivity contribution in [3.63, 3.8) is 0 Å². The Bertz CT molecular complexity index is 1240. The summed E-state index contributed by atoms with van der Waals surface area (Å²) < 4.78 is 18.9. The van der Waals surface area contributed by atoms with Gasteiger partial charge in [0, 0.05) is 0 Å². The fourth-order valence-corrected chi connectivity index (χ4v) is 3.10. The van der Waals surface area contributed by atoms with Gasteiger partial charge in [-0.05, 0) is 53.2 Å². The van der Waals surface area contributed by atoms with Crippen molar-refractivity contribution in [1.29, 1.82) is 0 Å². The summed E-state index contributed by atoms with van der Waals surface area (Å²) in [4.78, 5) is 48.2. The number of nitrogens with one attached hydrogen (secondary N) is 4. The molecule has 0 fully saturated rings.